The van der Waals surface area contributed by atoms with Crippen molar-refractivity contribution in [3.63, 3.8) is 0 Å². The number of methoxy groups -OCH3 is 1. The van der Waals surface area contributed by atoms with E-state index in [2.05, 4.69) is 22.0 Å². The van der Waals surface area contributed by atoms with Crippen LogP contribution >= 0.6 is 0 Å². The maximum absolute atomic E-state index is 11.7. The third-order valence-electron chi connectivity index (χ3n) is 4.83. The first-order valence-electron chi connectivity index (χ1n) is 9.58. The molecule has 2 fully saturated rings. The van der Waals surface area contributed by atoms with Crippen LogP contribution in [-0.2, 0) is 25.7 Å². The third-order valence-corrected chi connectivity index (χ3v) is 4.83. The van der Waals surface area contributed by atoms with E-state index in [0.717, 1.165) is 32.7 Å². The summed E-state index contributed by atoms with van der Waals surface area (Å²) in [4.78, 5) is 38.0. The second-order valence-corrected chi connectivity index (χ2v) is 7.60. The van der Waals surface area contributed by atoms with Crippen LogP contribution in [-0.4, -0.2) is 95.1 Å². The number of aromatic nitrogens is 1. The van der Waals surface area contributed by atoms with Crippen molar-refractivity contribution < 1.29 is 55.7 Å². The van der Waals surface area contributed by atoms with Gasteiger partial charge < -0.3 is 19.8 Å². The Hall–Kier alpha value is -2.94. The number of likely N-dealkylation sites (tertiary alicyclic amines) is 2. The molecule has 2 aliphatic heterocycles. The molecule has 2 N–H and O–H groups in total. The standard InChI is InChI=1S/C15H21N3O2.2C2HF3O2/c1-20-9-14(19)18-11-15(12-18)4-7-17(10-15)8-13-2-5-16-6-3-13;2*3-2(4,5)1(6)7/h2-3,5-6H,4,7-12H2,1H3;2*(H,6,7). The first-order valence-corrected chi connectivity index (χ1v) is 9.58. The molecule has 15 heteroatoms. The van der Waals surface area contributed by atoms with Crippen LogP contribution in [0.25, 0.3) is 0 Å². The number of carbonyl (C=O) groups excluding carboxylic acids is 1. The zero-order valence-electron chi connectivity index (χ0n) is 17.9. The predicted octanol–water partition coefficient (Wildman–Crippen LogP) is 2.03. The number of nitrogens with zero attached hydrogens (tertiary/aromatic N) is 3. The fourth-order valence-electron chi connectivity index (χ4n) is 3.32. The average Bonchev–Trinajstić information content (AvgIpc) is 3.11. The average molecular weight is 503 g/mol. The number of carboxylic acids is 2. The Kier molecular flexibility index (Phi) is 10.2. The van der Waals surface area contributed by atoms with Crippen LogP contribution in [0.2, 0.25) is 0 Å². The third kappa shape index (κ3) is 9.51. The molecule has 0 saturated carbocycles. The lowest BCUT2D eigenvalue weighted by atomic mass is 9.79. The van der Waals surface area contributed by atoms with Crippen LogP contribution in [0.4, 0.5) is 26.3 Å². The van der Waals surface area contributed by atoms with E-state index in [4.69, 9.17) is 24.5 Å². The quantitative estimate of drug-likeness (QED) is 0.599. The number of hydrogen-bond acceptors (Lipinski definition) is 6. The summed E-state index contributed by atoms with van der Waals surface area (Å²) in [5, 5.41) is 14.2. The summed E-state index contributed by atoms with van der Waals surface area (Å²) in [6, 6.07) is 4.14. The normalized spacial score (nSPS) is 17.1. The van der Waals surface area contributed by atoms with E-state index in [0.29, 0.717) is 5.41 Å². The molecule has 2 aliphatic rings. The summed E-state index contributed by atoms with van der Waals surface area (Å²) < 4.78 is 68.4. The van der Waals surface area contributed by atoms with E-state index in [1.807, 2.05) is 17.3 Å². The monoisotopic (exact) mass is 503 g/mol. The van der Waals surface area contributed by atoms with Crippen molar-refractivity contribution in [1.82, 2.24) is 14.8 Å². The molecule has 3 heterocycles. The zero-order chi connectivity index (χ0) is 26.2. The lowest BCUT2D eigenvalue weighted by Crippen LogP contribution is -2.60. The first-order chi connectivity index (χ1) is 15.6. The van der Waals surface area contributed by atoms with Gasteiger partial charge in [0, 0.05) is 51.1 Å². The van der Waals surface area contributed by atoms with Crippen molar-refractivity contribution in [2.24, 2.45) is 5.41 Å². The summed E-state index contributed by atoms with van der Waals surface area (Å²) in [6.07, 6.45) is -5.29. The van der Waals surface area contributed by atoms with Gasteiger partial charge in [-0.3, -0.25) is 14.7 Å². The number of hydrogen-bond donors (Lipinski definition) is 2. The number of pyridine rings is 1. The number of alkyl halides is 6. The van der Waals surface area contributed by atoms with E-state index in [9.17, 15) is 31.1 Å². The summed E-state index contributed by atoms with van der Waals surface area (Å²) >= 11 is 0. The van der Waals surface area contributed by atoms with Gasteiger partial charge in [0.25, 0.3) is 0 Å². The van der Waals surface area contributed by atoms with E-state index in [1.54, 1.807) is 7.11 Å². The van der Waals surface area contributed by atoms with Gasteiger partial charge in [0.05, 0.1) is 0 Å². The fraction of sp³-hybridized carbons (Fsp3) is 0.579. The van der Waals surface area contributed by atoms with Crippen molar-refractivity contribution in [2.45, 2.75) is 25.3 Å². The number of amides is 1. The molecule has 1 aromatic rings. The van der Waals surface area contributed by atoms with Crippen LogP contribution in [0.5, 0.6) is 0 Å². The zero-order valence-corrected chi connectivity index (χ0v) is 17.9. The van der Waals surface area contributed by atoms with E-state index >= 15 is 0 Å². The molecule has 0 aromatic carbocycles. The number of carbonyl (C=O) groups is 3. The Morgan fingerprint density at radius 3 is 1.88 bits per heavy atom. The van der Waals surface area contributed by atoms with Crippen LogP contribution in [0.15, 0.2) is 24.5 Å². The van der Waals surface area contributed by atoms with Gasteiger partial charge in [0.2, 0.25) is 5.91 Å². The van der Waals surface area contributed by atoms with Crippen LogP contribution < -0.4 is 0 Å². The summed E-state index contributed by atoms with van der Waals surface area (Å²) in [5.41, 5.74) is 1.64. The first kappa shape index (κ1) is 29.1. The maximum atomic E-state index is 11.7. The molecule has 2 saturated heterocycles. The van der Waals surface area contributed by atoms with E-state index in [1.165, 1.54) is 12.0 Å². The highest BCUT2D eigenvalue weighted by atomic mass is 19.4. The largest absolute Gasteiger partial charge is 0.490 e. The number of ether oxygens (including phenoxy) is 1. The molecule has 1 amide bonds. The minimum Gasteiger partial charge on any atom is -0.475 e. The Morgan fingerprint density at radius 1 is 1.00 bits per heavy atom. The Labute approximate surface area is 189 Å². The second kappa shape index (κ2) is 12.0. The van der Waals surface area contributed by atoms with Crippen molar-refractivity contribution in [2.75, 3.05) is 39.9 Å². The van der Waals surface area contributed by atoms with Gasteiger partial charge in [-0.2, -0.15) is 26.3 Å². The lowest BCUT2D eigenvalue weighted by Gasteiger charge is -2.48. The van der Waals surface area contributed by atoms with Gasteiger partial charge in [-0.1, -0.05) is 0 Å². The molecule has 0 aliphatic carbocycles. The summed E-state index contributed by atoms with van der Waals surface area (Å²) in [5.74, 6) is -5.40. The van der Waals surface area contributed by atoms with Gasteiger partial charge in [-0.25, -0.2) is 9.59 Å². The van der Waals surface area contributed by atoms with Crippen molar-refractivity contribution in [1.29, 1.82) is 0 Å². The van der Waals surface area contributed by atoms with E-state index in [-0.39, 0.29) is 12.5 Å². The molecule has 0 unspecified atom stereocenters. The molecular formula is C19H23F6N3O6. The topological polar surface area (TPSA) is 120 Å². The van der Waals surface area contributed by atoms with Crippen LogP contribution in [0.1, 0.15) is 12.0 Å². The van der Waals surface area contributed by atoms with Gasteiger partial charge in [0.1, 0.15) is 6.61 Å². The van der Waals surface area contributed by atoms with Gasteiger partial charge in [0.15, 0.2) is 0 Å². The number of rotatable bonds is 4. The molecular weight excluding hydrogens is 480 g/mol. The summed E-state index contributed by atoms with van der Waals surface area (Å²) in [7, 11) is 1.57. The molecule has 192 valence electrons. The molecule has 0 radical (unpaired) electrons. The highest BCUT2D eigenvalue weighted by Crippen LogP contribution is 2.39. The maximum Gasteiger partial charge on any atom is 0.490 e. The Bertz CT molecular complexity index is 804. The highest BCUT2D eigenvalue weighted by Gasteiger charge is 2.48. The lowest BCUT2D eigenvalue weighted by molar-refractivity contribution is -0.193. The fourth-order valence-corrected chi connectivity index (χ4v) is 3.32. The van der Waals surface area contributed by atoms with Crippen LogP contribution in [0, 0.1) is 5.41 Å². The van der Waals surface area contributed by atoms with Crippen molar-refractivity contribution in [3.05, 3.63) is 30.1 Å². The van der Waals surface area contributed by atoms with Crippen molar-refractivity contribution >= 4 is 17.8 Å². The van der Waals surface area contributed by atoms with Crippen LogP contribution in [0.3, 0.4) is 0 Å². The predicted molar refractivity (Wildman–Crippen MR) is 102 cm³/mol. The SMILES string of the molecule is COCC(=O)N1CC2(CCN(Cc3ccncc3)C2)C1.O=C(O)C(F)(F)F.O=C(O)C(F)(F)F. The Balaban J connectivity index is 0.000000343. The second-order valence-electron chi connectivity index (χ2n) is 7.60. The minimum absolute atomic E-state index is 0.116. The molecule has 0 bridgehead atoms. The molecule has 9 nitrogen and oxygen atoms in total. The number of aliphatic carboxylic acids is 2. The summed E-state index contributed by atoms with van der Waals surface area (Å²) in [6.45, 7) is 5.18. The van der Waals surface area contributed by atoms with E-state index < -0.39 is 24.3 Å². The van der Waals surface area contributed by atoms with Gasteiger partial charge >= 0.3 is 24.3 Å². The highest BCUT2D eigenvalue weighted by molar-refractivity contribution is 5.78. The molecule has 3 rings (SSSR count). The smallest absolute Gasteiger partial charge is 0.475 e. The Morgan fingerprint density at radius 2 is 1.47 bits per heavy atom. The van der Waals surface area contributed by atoms with Crippen molar-refractivity contribution in [3.8, 4) is 0 Å². The molecule has 0 atom stereocenters. The number of carboxylic acid groups (broad SMARTS) is 2. The molecule has 1 spiro atoms. The number of halogens is 6. The molecule has 34 heavy (non-hydrogen) atoms. The van der Waals surface area contributed by atoms with Gasteiger partial charge in [-0.05, 0) is 30.7 Å². The molecule has 1 aromatic heterocycles. The van der Waals surface area contributed by atoms with Gasteiger partial charge in [-0.15, -0.1) is 0 Å². The minimum atomic E-state index is -5.08.